The van der Waals surface area contributed by atoms with Crippen molar-refractivity contribution in [2.24, 2.45) is 35.0 Å². The van der Waals surface area contributed by atoms with Gasteiger partial charge in [0.2, 0.25) is 0 Å². The Morgan fingerprint density at radius 2 is 2.07 bits per heavy atom. The summed E-state index contributed by atoms with van der Waals surface area (Å²) in [5, 5.41) is 0. The molecule has 0 unspecified atom stereocenters. The molecule has 0 aromatic carbocycles. The molecule has 0 bridgehead atoms. The van der Waals surface area contributed by atoms with E-state index in [1.165, 1.54) is 25.7 Å². The largest absolute Gasteiger partial charge is 0.0995 e. The van der Waals surface area contributed by atoms with Gasteiger partial charge in [0, 0.05) is 0 Å². The summed E-state index contributed by atoms with van der Waals surface area (Å²) in [6.45, 7) is 11.7. The Balaban J connectivity index is 1.91. The lowest BCUT2D eigenvalue weighted by atomic mass is 9.70. The lowest BCUT2D eigenvalue weighted by molar-refractivity contribution is 0.142. The second kappa shape index (κ2) is 2.90. The molecule has 1 spiro atoms. The van der Waals surface area contributed by atoms with Crippen molar-refractivity contribution in [3.8, 4) is 0 Å². The molecule has 0 amide bonds. The Morgan fingerprint density at radius 3 is 2.73 bits per heavy atom. The number of fused-ring (bicyclic) bond motifs is 1. The number of hydrogen-bond donors (Lipinski definition) is 0. The molecule has 15 heavy (non-hydrogen) atoms. The number of hydrogen-bond acceptors (Lipinski definition) is 0. The van der Waals surface area contributed by atoms with Gasteiger partial charge in [0.15, 0.2) is 0 Å². The standard InChI is InChI=1S/C15H24/c1-9(2)12-6-5-11(4)15-8-7-10(3)13(15)14(12)15/h9,11-14H,3,5-8H2,1-2,4H3/t11-,12+,13+,14+,15-/m1/s1. The van der Waals surface area contributed by atoms with E-state index in [1.54, 1.807) is 5.57 Å². The molecule has 0 saturated heterocycles. The molecule has 0 radical (unpaired) electrons. The SMILES string of the molecule is C=C1CC[C@@]23[C@@H]([C@H](C(C)C)CC[C@H]2C)[C@H]13. The zero-order valence-corrected chi connectivity index (χ0v) is 10.4. The Kier molecular flexibility index (Phi) is 1.92. The molecule has 0 N–H and O–H groups in total. The Morgan fingerprint density at radius 1 is 1.33 bits per heavy atom. The number of allylic oxidation sites excluding steroid dienone is 1. The maximum Gasteiger partial charge on any atom is -0.0107 e. The van der Waals surface area contributed by atoms with Crippen LogP contribution in [0.15, 0.2) is 12.2 Å². The van der Waals surface area contributed by atoms with E-state index in [9.17, 15) is 0 Å². The minimum atomic E-state index is 0.740. The molecule has 3 saturated carbocycles. The Hall–Kier alpha value is -0.260. The van der Waals surface area contributed by atoms with Crippen molar-refractivity contribution in [3.63, 3.8) is 0 Å². The topological polar surface area (TPSA) is 0 Å². The first-order valence-electron chi connectivity index (χ1n) is 6.76. The molecule has 0 heteroatoms. The maximum absolute atomic E-state index is 4.32. The summed E-state index contributed by atoms with van der Waals surface area (Å²) in [4.78, 5) is 0. The highest BCUT2D eigenvalue weighted by molar-refractivity contribution is 5.33. The van der Waals surface area contributed by atoms with Crippen LogP contribution in [0.3, 0.4) is 0 Å². The molecule has 84 valence electrons. The van der Waals surface area contributed by atoms with E-state index in [-0.39, 0.29) is 0 Å². The summed E-state index contributed by atoms with van der Waals surface area (Å²) >= 11 is 0. The summed E-state index contributed by atoms with van der Waals surface area (Å²) in [6, 6.07) is 0. The van der Waals surface area contributed by atoms with Crippen LogP contribution in [0.4, 0.5) is 0 Å². The van der Waals surface area contributed by atoms with E-state index in [0.29, 0.717) is 0 Å². The van der Waals surface area contributed by atoms with E-state index in [4.69, 9.17) is 0 Å². The fourth-order valence-electron chi connectivity index (χ4n) is 5.14. The van der Waals surface area contributed by atoms with Crippen LogP contribution in [0.1, 0.15) is 46.5 Å². The zero-order valence-electron chi connectivity index (χ0n) is 10.4. The van der Waals surface area contributed by atoms with Crippen molar-refractivity contribution in [3.05, 3.63) is 12.2 Å². The highest BCUT2D eigenvalue weighted by atomic mass is 14.8. The van der Waals surface area contributed by atoms with Crippen molar-refractivity contribution in [1.82, 2.24) is 0 Å². The lowest BCUT2D eigenvalue weighted by Gasteiger charge is -2.35. The second-order valence-corrected chi connectivity index (χ2v) is 6.66. The Labute approximate surface area is 94.1 Å². The zero-order chi connectivity index (χ0) is 10.8. The number of rotatable bonds is 1. The summed E-state index contributed by atoms with van der Waals surface area (Å²) in [5.74, 6) is 4.83. The van der Waals surface area contributed by atoms with Crippen molar-refractivity contribution in [1.29, 1.82) is 0 Å². The second-order valence-electron chi connectivity index (χ2n) is 6.66. The van der Waals surface area contributed by atoms with Gasteiger partial charge < -0.3 is 0 Å². The van der Waals surface area contributed by atoms with Crippen LogP contribution < -0.4 is 0 Å². The van der Waals surface area contributed by atoms with E-state index in [0.717, 1.165) is 35.0 Å². The third-order valence-electron chi connectivity index (χ3n) is 5.94. The van der Waals surface area contributed by atoms with E-state index >= 15 is 0 Å². The van der Waals surface area contributed by atoms with Crippen molar-refractivity contribution < 1.29 is 0 Å². The average Bonchev–Trinajstić information content (AvgIpc) is 2.75. The van der Waals surface area contributed by atoms with Gasteiger partial charge in [0.1, 0.15) is 0 Å². The molecule has 3 aliphatic rings. The first kappa shape index (κ1) is 9.93. The third-order valence-corrected chi connectivity index (χ3v) is 5.94. The molecule has 0 aliphatic heterocycles. The van der Waals surface area contributed by atoms with Crippen LogP contribution in [0.25, 0.3) is 0 Å². The minimum Gasteiger partial charge on any atom is -0.0995 e. The smallest absolute Gasteiger partial charge is 0.0107 e. The van der Waals surface area contributed by atoms with Gasteiger partial charge in [-0.1, -0.05) is 32.9 Å². The molecule has 3 rings (SSSR count). The summed E-state index contributed by atoms with van der Waals surface area (Å²) in [7, 11) is 0. The molecular formula is C15H24. The molecule has 0 aromatic heterocycles. The van der Waals surface area contributed by atoms with Crippen molar-refractivity contribution in [2.45, 2.75) is 46.5 Å². The van der Waals surface area contributed by atoms with E-state index in [2.05, 4.69) is 27.4 Å². The fourth-order valence-corrected chi connectivity index (χ4v) is 5.14. The predicted octanol–water partition coefficient (Wildman–Crippen LogP) is 4.27. The highest BCUT2D eigenvalue weighted by Crippen LogP contribution is 2.79. The monoisotopic (exact) mass is 204 g/mol. The Bertz CT molecular complexity index is 301. The molecule has 3 aliphatic carbocycles. The molecule has 3 fully saturated rings. The van der Waals surface area contributed by atoms with Gasteiger partial charge in [-0.05, 0) is 60.7 Å². The van der Waals surface area contributed by atoms with Crippen LogP contribution in [-0.4, -0.2) is 0 Å². The van der Waals surface area contributed by atoms with Crippen LogP contribution in [-0.2, 0) is 0 Å². The van der Waals surface area contributed by atoms with Gasteiger partial charge in [-0.3, -0.25) is 0 Å². The van der Waals surface area contributed by atoms with E-state index in [1.807, 2.05) is 0 Å². The third kappa shape index (κ3) is 1.04. The van der Waals surface area contributed by atoms with Gasteiger partial charge in [-0.15, -0.1) is 0 Å². The van der Waals surface area contributed by atoms with Gasteiger partial charge >= 0.3 is 0 Å². The molecular weight excluding hydrogens is 180 g/mol. The van der Waals surface area contributed by atoms with Crippen LogP contribution in [0.2, 0.25) is 0 Å². The molecule has 0 aromatic rings. The first-order valence-corrected chi connectivity index (χ1v) is 6.76. The van der Waals surface area contributed by atoms with Crippen LogP contribution in [0.5, 0.6) is 0 Å². The van der Waals surface area contributed by atoms with Crippen LogP contribution >= 0.6 is 0 Å². The fraction of sp³-hybridized carbons (Fsp3) is 0.867. The lowest BCUT2D eigenvalue weighted by Crippen LogP contribution is -2.27. The summed E-state index contributed by atoms with van der Waals surface area (Å²) in [5.41, 5.74) is 2.34. The summed E-state index contributed by atoms with van der Waals surface area (Å²) in [6.07, 6.45) is 5.75. The maximum atomic E-state index is 4.32. The molecule has 0 nitrogen and oxygen atoms in total. The highest BCUT2D eigenvalue weighted by Gasteiger charge is 2.73. The summed E-state index contributed by atoms with van der Waals surface area (Å²) < 4.78 is 0. The average molecular weight is 204 g/mol. The van der Waals surface area contributed by atoms with Crippen molar-refractivity contribution in [2.75, 3.05) is 0 Å². The predicted molar refractivity (Wildman–Crippen MR) is 64.5 cm³/mol. The van der Waals surface area contributed by atoms with Crippen molar-refractivity contribution >= 4 is 0 Å². The van der Waals surface area contributed by atoms with Gasteiger partial charge in [-0.2, -0.15) is 0 Å². The van der Waals surface area contributed by atoms with Crippen LogP contribution in [0, 0.1) is 35.0 Å². The first-order chi connectivity index (χ1) is 7.09. The van der Waals surface area contributed by atoms with Gasteiger partial charge in [0.25, 0.3) is 0 Å². The van der Waals surface area contributed by atoms with Gasteiger partial charge in [-0.25, -0.2) is 0 Å². The quantitative estimate of drug-likeness (QED) is 0.559. The molecule has 0 heterocycles. The normalized spacial score (nSPS) is 52.9. The van der Waals surface area contributed by atoms with Gasteiger partial charge in [0.05, 0.1) is 0 Å². The van der Waals surface area contributed by atoms with E-state index < -0.39 is 0 Å². The molecule has 5 atom stereocenters. The minimum absolute atomic E-state index is 0.740.